The van der Waals surface area contributed by atoms with Gasteiger partial charge in [-0.05, 0) is 43.9 Å². The topological polar surface area (TPSA) is 48.1 Å². The molecule has 1 atom stereocenters. The quantitative estimate of drug-likeness (QED) is 0.880. The number of nitrogens with two attached hydrogens (primary N) is 1. The summed E-state index contributed by atoms with van der Waals surface area (Å²) in [6, 6.07) is 12.3. The smallest absolute Gasteiger partial charge is 0.138 e. The van der Waals surface area contributed by atoms with Crippen LogP contribution in [0.4, 0.5) is 0 Å². The van der Waals surface area contributed by atoms with Crippen LogP contribution in [0.25, 0.3) is 0 Å². The van der Waals surface area contributed by atoms with Crippen molar-refractivity contribution in [1.82, 2.24) is 4.98 Å². The number of aromatic nitrogens is 1. The van der Waals surface area contributed by atoms with Crippen molar-refractivity contribution in [2.45, 2.75) is 45.3 Å². The molecule has 1 aromatic heterocycles. The summed E-state index contributed by atoms with van der Waals surface area (Å²) in [5, 5.41) is 0. The average molecular weight is 284 g/mol. The molecular formula is C18H24N2O. The second-order valence-corrected chi connectivity index (χ2v) is 5.75. The Hall–Kier alpha value is -1.87. The maximum Gasteiger partial charge on any atom is 0.138 e. The molecule has 1 heterocycles. The van der Waals surface area contributed by atoms with Gasteiger partial charge in [0.2, 0.25) is 0 Å². The summed E-state index contributed by atoms with van der Waals surface area (Å²) in [5.41, 5.74) is 8.48. The third-order valence-electron chi connectivity index (χ3n) is 3.65. The van der Waals surface area contributed by atoms with Crippen molar-refractivity contribution in [2.75, 3.05) is 0 Å². The third kappa shape index (κ3) is 4.05. The van der Waals surface area contributed by atoms with Crippen molar-refractivity contribution in [3.8, 4) is 5.75 Å². The first-order valence-corrected chi connectivity index (χ1v) is 7.48. The lowest BCUT2D eigenvalue weighted by Crippen LogP contribution is -2.38. The zero-order chi connectivity index (χ0) is 15.3. The SMILES string of the molecule is CCC(N)(Cc1ccccc1)c1cncc(OC(C)C)c1. The first-order valence-electron chi connectivity index (χ1n) is 7.48. The van der Waals surface area contributed by atoms with Gasteiger partial charge in [-0.3, -0.25) is 4.98 Å². The number of rotatable bonds is 6. The standard InChI is InChI=1S/C18H24N2O/c1-4-18(19,11-15-8-6-5-7-9-15)16-10-17(13-20-12-16)21-14(2)3/h5-10,12-14H,4,11,19H2,1-3H3. The van der Waals surface area contributed by atoms with Crippen molar-refractivity contribution >= 4 is 0 Å². The molecule has 0 aliphatic rings. The molecule has 0 fully saturated rings. The van der Waals surface area contributed by atoms with Crippen LogP contribution in [-0.2, 0) is 12.0 Å². The van der Waals surface area contributed by atoms with Crippen LogP contribution in [0.5, 0.6) is 5.75 Å². The molecule has 3 heteroatoms. The van der Waals surface area contributed by atoms with E-state index in [4.69, 9.17) is 10.5 Å². The number of nitrogens with zero attached hydrogens (tertiary/aromatic N) is 1. The Morgan fingerprint density at radius 3 is 2.52 bits per heavy atom. The molecule has 0 aliphatic carbocycles. The lowest BCUT2D eigenvalue weighted by Gasteiger charge is -2.29. The average Bonchev–Trinajstić information content (AvgIpc) is 2.48. The van der Waals surface area contributed by atoms with Gasteiger partial charge in [0.15, 0.2) is 0 Å². The predicted molar refractivity (Wildman–Crippen MR) is 86.3 cm³/mol. The van der Waals surface area contributed by atoms with Gasteiger partial charge in [0.25, 0.3) is 0 Å². The van der Waals surface area contributed by atoms with E-state index in [9.17, 15) is 0 Å². The van der Waals surface area contributed by atoms with Crippen LogP contribution >= 0.6 is 0 Å². The van der Waals surface area contributed by atoms with Crippen LogP contribution in [-0.4, -0.2) is 11.1 Å². The molecule has 2 aromatic rings. The molecule has 2 rings (SSSR count). The molecule has 0 bridgehead atoms. The maximum absolute atomic E-state index is 6.65. The molecule has 2 N–H and O–H groups in total. The highest BCUT2D eigenvalue weighted by Crippen LogP contribution is 2.28. The van der Waals surface area contributed by atoms with E-state index in [2.05, 4.69) is 24.0 Å². The Morgan fingerprint density at radius 1 is 1.19 bits per heavy atom. The number of hydrogen-bond donors (Lipinski definition) is 1. The van der Waals surface area contributed by atoms with Gasteiger partial charge in [-0.25, -0.2) is 0 Å². The fourth-order valence-corrected chi connectivity index (χ4v) is 2.42. The van der Waals surface area contributed by atoms with Gasteiger partial charge >= 0.3 is 0 Å². The van der Waals surface area contributed by atoms with Gasteiger partial charge in [-0.2, -0.15) is 0 Å². The van der Waals surface area contributed by atoms with E-state index in [-0.39, 0.29) is 6.10 Å². The maximum atomic E-state index is 6.65. The molecule has 0 aliphatic heterocycles. The molecule has 3 nitrogen and oxygen atoms in total. The third-order valence-corrected chi connectivity index (χ3v) is 3.65. The summed E-state index contributed by atoms with van der Waals surface area (Å²) in [6.45, 7) is 6.12. The molecule has 0 saturated heterocycles. The van der Waals surface area contributed by atoms with E-state index in [1.54, 1.807) is 6.20 Å². The van der Waals surface area contributed by atoms with Crippen LogP contribution in [0.1, 0.15) is 38.3 Å². The monoisotopic (exact) mass is 284 g/mol. The summed E-state index contributed by atoms with van der Waals surface area (Å²) >= 11 is 0. The van der Waals surface area contributed by atoms with Crippen molar-refractivity contribution < 1.29 is 4.74 Å². The van der Waals surface area contributed by atoms with Gasteiger partial charge in [-0.1, -0.05) is 37.3 Å². The van der Waals surface area contributed by atoms with Gasteiger partial charge < -0.3 is 10.5 Å². The van der Waals surface area contributed by atoms with E-state index in [0.29, 0.717) is 0 Å². The Balaban J connectivity index is 2.27. The minimum Gasteiger partial charge on any atom is -0.489 e. The van der Waals surface area contributed by atoms with Crippen molar-refractivity contribution in [2.24, 2.45) is 5.73 Å². The fraction of sp³-hybridized carbons (Fsp3) is 0.389. The summed E-state index contributed by atoms with van der Waals surface area (Å²) in [5.74, 6) is 0.777. The molecule has 112 valence electrons. The Kier molecular flexibility index (Phi) is 4.97. The van der Waals surface area contributed by atoms with Gasteiger partial charge in [-0.15, -0.1) is 0 Å². The van der Waals surface area contributed by atoms with Crippen LogP contribution in [0.3, 0.4) is 0 Å². The number of hydrogen-bond acceptors (Lipinski definition) is 3. The summed E-state index contributed by atoms with van der Waals surface area (Å²) in [4.78, 5) is 4.29. The minimum absolute atomic E-state index is 0.130. The Bertz CT molecular complexity index is 568. The number of pyridine rings is 1. The van der Waals surface area contributed by atoms with Crippen LogP contribution < -0.4 is 10.5 Å². The molecule has 1 unspecified atom stereocenters. The van der Waals surface area contributed by atoms with E-state index in [0.717, 1.165) is 24.2 Å². The van der Waals surface area contributed by atoms with E-state index >= 15 is 0 Å². The highest BCUT2D eigenvalue weighted by molar-refractivity contribution is 5.31. The first kappa shape index (κ1) is 15.5. The molecule has 1 aromatic carbocycles. The summed E-state index contributed by atoms with van der Waals surface area (Å²) < 4.78 is 5.73. The zero-order valence-corrected chi connectivity index (χ0v) is 13.0. The molecule has 0 radical (unpaired) electrons. The Labute approximate surface area is 127 Å². The summed E-state index contributed by atoms with van der Waals surface area (Å²) in [6.07, 6.45) is 5.35. The molecule has 0 spiro atoms. The fourth-order valence-electron chi connectivity index (χ4n) is 2.42. The largest absolute Gasteiger partial charge is 0.489 e. The van der Waals surface area contributed by atoms with Crippen LogP contribution in [0, 0.1) is 0 Å². The van der Waals surface area contributed by atoms with E-state index < -0.39 is 5.54 Å². The van der Waals surface area contributed by atoms with Crippen molar-refractivity contribution in [3.05, 3.63) is 59.9 Å². The highest BCUT2D eigenvalue weighted by Gasteiger charge is 2.26. The number of benzene rings is 1. The second kappa shape index (κ2) is 6.72. The van der Waals surface area contributed by atoms with Crippen LogP contribution in [0.2, 0.25) is 0 Å². The van der Waals surface area contributed by atoms with Gasteiger partial charge in [0.1, 0.15) is 5.75 Å². The van der Waals surface area contributed by atoms with E-state index in [1.165, 1.54) is 5.56 Å². The van der Waals surface area contributed by atoms with Crippen molar-refractivity contribution in [1.29, 1.82) is 0 Å². The summed E-state index contributed by atoms with van der Waals surface area (Å²) in [7, 11) is 0. The normalized spacial score (nSPS) is 14.0. The van der Waals surface area contributed by atoms with Gasteiger partial charge in [0.05, 0.1) is 12.3 Å². The minimum atomic E-state index is -0.426. The molecule has 0 amide bonds. The Morgan fingerprint density at radius 2 is 1.90 bits per heavy atom. The first-order chi connectivity index (χ1) is 10.0. The second-order valence-electron chi connectivity index (χ2n) is 5.75. The lowest BCUT2D eigenvalue weighted by atomic mass is 9.83. The predicted octanol–water partition coefficient (Wildman–Crippen LogP) is 3.68. The molecule has 21 heavy (non-hydrogen) atoms. The number of ether oxygens (including phenoxy) is 1. The van der Waals surface area contributed by atoms with Crippen molar-refractivity contribution in [3.63, 3.8) is 0 Å². The van der Waals surface area contributed by atoms with E-state index in [1.807, 2.05) is 44.3 Å². The highest BCUT2D eigenvalue weighted by atomic mass is 16.5. The lowest BCUT2D eigenvalue weighted by molar-refractivity contribution is 0.240. The zero-order valence-electron chi connectivity index (χ0n) is 13.0. The molecule has 0 saturated carbocycles. The molecular weight excluding hydrogens is 260 g/mol. The van der Waals surface area contributed by atoms with Gasteiger partial charge in [0, 0.05) is 11.7 Å². The van der Waals surface area contributed by atoms with Crippen LogP contribution in [0.15, 0.2) is 48.8 Å².